The van der Waals surface area contributed by atoms with Crippen molar-refractivity contribution in [2.45, 2.75) is 6.18 Å². The Kier molecular flexibility index (Phi) is 4.62. The third-order valence-electron chi connectivity index (χ3n) is 3.44. The van der Waals surface area contributed by atoms with Crippen LogP contribution in [0.3, 0.4) is 0 Å². The number of aromatic nitrogens is 2. The maximum absolute atomic E-state index is 13.5. The third kappa shape index (κ3) is 3.42. The van der Waals surface area contributed by atoms with E-state index in [1.165, 1.54) is 24.3 Å². The molecule has 3 nitrogen and oxygen atoms in total. The summed E-state index contributed by atoms with van der Waals surface area (Å²) in [4.78, 5) is 0. The summed E-state index contributed by atoms with van der Waals surface area (Å²) in [6, 6.07) is 10.3. The van der Waals surface area contributed by atoms with Crippen LogP contribution in [0.2, 0.25) is 15.1 Å². The number of rotatable bonds is 2. The molecule has 1 heterocycles. The minimum atomic E-state index is -4.73. The van der Waals surface area contributed by atoms with Crippen LogP contribution in [0.25, 0.3) is 16.8 Å². The Morgan fingerprint density at radius 2 is 1.64 bits per heavy atom. The second-order valence-corrected chi connectivity index (χ2v) is 6.40. The molecule has 2 N–H and O–H groups in total. The topological polar surface area (TPSA) is 43.8 Å². The number of nitrogens with two attached hydrogens (primary N) is 1. The molecule has 0 bridgehead atoms. The lowest BCUT2D eigenvalue weighted by Crippen LogP contribution is -2.08. The molecule has 3 rings (SSSR count). The fourth-order valence-corrected chi connectivity index (χ4v) is 3.08. The SMILES string of the molecule is Nc1c(-c2ccc(Cl)cc2Cl)c(C(F)(F)F)nn1-c1cccc(Cl)c1. The van der Waals surface area contributed by atoms with Crippen LogP contribution in [-0.4, -0.2) is 9.78 Å². The summed E-state index contributed by atoms with van der Waals surface area (Å²) >= 11 is 17.8. The van der Waals surface area contributed by atoms with E-state index in [-0.39, 0.29) is 22.0 Å². The van der Waals surface area contributed by atoms with Gasteiger partial charge in [0.25, 0.3) is 0 Å². The van der Waals surface area contributed by atoms with Crippen molar-refractivity contribution >= 4 is 40.6 Å². The van der Waals surface area contributed by atoms with Gasteiger partial charge in [0.05, 0.1) is 16.3 Å². The van der Waals surface area contributed by atoms with Gasteiger partial charge in [0, 0.05) is 15.6 Å². The molecule has 0 atom stereocenters. The molecule has 0 unspecified atom stereocenters. The van der Waals surface area contributed by atoms with Crippen LogP contribution in [0.1, 0.15) is 5.69 Å². The number of nitrogen functional groups attached to an aromatic ring is 1. The molecule has 3 aromatic rings. The molecular weight excluding hydrogens is 398 g/mol. The number of nitrogens with zero attached hydrogens (tertiary/aromatic N) is 2. The van der Waals surface area contributed by atoms with E-state index in [2.05, 4.69) is 5.10 Å². The molecule has 0 fully saturated rings. The highest BCUT2D eigenvalue weighted by atomic mass is 35.5. The molecule has 1 aromatic heterocycles. The highest BCUT2D eigenvalue weighted by Gasteiger charge is 2.40. The number of halogens is 6. The van der Waals surface area contributed by atoms with E-state index in [0.717, 1.165) is 4.68 Å². The zero-order chi connectivity index (χ0) is 18.4. The Morgan fingerprint density at radius 3 is 2.24 bits per heavy atom. The van der Waals surface area contributed by atoms with Gasteiger partial charge < -0.3 is 5.73 Å². The van der Waals surface area contributed by atoms with Crippen LogP contribution in [-0.2, 0) is 6.18 Å². The number of hydrogen-bond acceptors (Lipinski definition) is 2. The zero-order valence-electron chi connectivity index (χ0n) is 12.3. The Bertz CT molecular complexity index is 952. The second kappa shape index (κ2) is 6.44. The summed E-state index contributed by atoms with van der Waals surface area (Å²) in [5, 5.41) is 4.32. The summed E-state index contributed by atoms with van der Waals surface area (Å²) in [6.07, 6.45) is -4.73. The van der Waals surface area contributed by atoms with E-state index in [9.17, 15) is 13.2 Å². The number of hydrogen-bond donors (Lipinski definition) is 1. The molecule has 0 saturated carbocycles. The maximum Gasteiger partial charge on any atom is 0.435 e. The highest BCUT2D eigenvalue weighted by Crippen LogP contribution is 2.43. The van der Waals surface area contributed by atoms with Gasteiger partial charge in [0.2, 0.25) is 0 Å². The largest absolute Gasteiger partial charge is 0.435 e. The standard InChI is InChI=1S/C16H9Cl3F3N3/c17-8-2-1-3-10(6-8)25-15(23)13(14(24-25)16(20,21)22)11-5-4-9(18)7-12(11)19/h1-7H,23H2. The van der Waals surface area contributed by atoms with Crippen molar-refractivity contribution in [2.24, 2.45) is 0 Å². The number of benzene rings is 2. The molecule has 0 aliphatic carbocycles. The van der Waals surface area contributed by atoms with Crippen LogP contribution in [0.4, 0.5) is 19.0 Å². The van der Waals surface area contributed by atoms with Gasteiger partial charge in [-0.1, -0.05) is 46.9 Å². The first kappa shape index (κ1) is 17.9. The van der Waals surface area contributed by atoms with Crippen LogP contribution in [0.5, 0.6) is 0 Å². The van der Waals surface area contributed by atoms with Crippen LogP contribution in [0.15, 0.2) is 42.5 Å². The molecule has 0 spiro atoms. The van der Waals surface area contributed by atoms with Crippen molar-refractivity contribution in [3.63, 3.8) is 0 Å². The first-order valence-electron chi connectivity index (χ1n) is 6.85. The molecule has 0 amide bonds. The molecule has 9 heteroatoms. The van der Waals surface area contributed by atoms with Gasteiger partial charge in [-0.15, -0.1) is 0 Å². The quantitative estimate of drug-likeness (QED) is 0.559. The van der Waals surface area contributed by atoms with Crippen LogP contribution in [0, 0.1) is 0 Å². The molecule has 25 heavy (non-hydrogen) atoms. The van der Waals surface area contributed by atoms with Gasteiger partial charge in [-0.2, -0.15) is 18.3 Å². The Morgan fingerprint density at radius 1 is 0.960 bits per heavy atom. The minimum Gasteiger partial charge on any atom is -0.383 e. The second-order valence-electron chi connectivity index (χ2n) is 5.12. The van der Waals surface area contributed by atoms with E-state index in [4.69, 9.17) is 40.5 Å². The Labute approximate surface area is 155 Å². The van der Waals surface area contributed by atoms with Crippen molar-refractivity contribution in [2.75, 3.05) is 5.73 Å². The Hall–Kier alpha value is -1.89. The van der Waals surface area contributed by atoms with E-state index < -0.39 is 11.9 Å². The maximum atomic E-state index is 13.5. The van der Waals surface area contributed by atoms with Crippen LogP contribution >= 0.6 is 34.8 Å². The van der Waals surface area contributed by atoms with Gasteiger partial charge in [-0.25, -0.2) is 4.68 Å². The summed E-state index contributed by atoms with van der Waals surface area (Å²) in [6.45, 7) is 0. The Balaban J connectivity index is 2.31. The minimum absolute atomic E-state index is 0.0374. The van der Waals surface area contributed by atoms with Crippen molar-refractivity contribution in [1.82, 2.24) is 9.78 Å². The van der Waals surface area contributed by atoms with Gasteiger partial charge in [0.1, 0.15) is 5.82 Å². The number of alkyl halides is 3. The molecule has 0 aliphatic rings. The number of anilines is 1. The van der Waals surface area contributed by atoms with E-state index in [0.29, 0.717) is 15.7 Å². The van der Waals surface area contributed by atoms with E-state index in [1.54, 1.807) is 18.2 Å². The predicted molar refractivity (Wildman–Crippen MR) is 93.4 cm³/mol. The van der Waals surface area contributed by atoms with Crippen molar-refractivity contribution in [3.05, 3.63) is 63.2 Å². The fraction of sp³-hybridized carbons (Fsp3) is 0.0625. The lowest BCUT2D eigenvalue weighted by atomic mass is 10.0. The van der Waals surface area contributed by atoms with Gasteiger partial charge in [-0.05, 0) is 30.3 Å². The third-order valence-corrected chi connectivity index (χ3v) is 4.23. The molecule has 0 saturated heterocycles. The first-order valence-corrected chi connectivity index (χ1v) is 7.99. The lowest BCUT2D eigenvalue weighted by Gasteiger charge is -2.09. The monoisotopic (exact) mass is 405 g/mol. The first-order chi connectivity index (χ1) is 11.7. The summed E-state index contributed by atoms with van der Waals surface area (Å²) in [5.41, 5.74) is 4.92. The van der Waals surface area contributed by atoms with Crippen molar-refractivity contribution < 1.29 is 13.2 Å². The molecular formula is C16H9Cl3F3N3. The zero-order valence-corrected chi connectivity index (χ0v) is 14.5. The van der Waals surface area contributed by atoms with Crippen molar-refractivity contribution in [3.8, 4) is 16.8 Å². The average molecular weight is 407 g/mol. The van der Waals surface area contributed by atoms with Gasteiger partial charge in [0.15, 0.2) is 5.69 Å². The highest BCUT2D eigenvalue weighted by molar-refractivity contribution is 6.36. The molecule has 2 aromatic carbocycles. The van der Waals surface area contributed by atoms with Crippen LogP contribution < -0.4 is 5.73 Å². The predicted octanol–water partition coefficient (Wildman–Crippen LogP) is 6.10. The average Bonchev–Trinajstić information content (AvgIpc) is 2.85. The smallest absolute Gasteiger partial charge is 0.383 e. The fourth-order valence-electron chi connectivity index (χ4n) is 2.39. The summed E-state index contributed by atoms with van der Waals surface area (Å²) < 4.78 is 41.5. The van der Waals surface area contributed by atoms with Gasteiger partial charge in [-0.3, -0.25) is 0 Å². The van der Waals surface area contributed by atoms with Gasteiger partial charge >= 0.3 is 6.18 Å². The van der Waals surface area contributed by atoms with E-state index >= 15 is 0 Å². The molecule has 0 aliphatic heterocycles. The molecule has 130 valence electrons. The normalized spacial score (nSPS) is 11.8. The molecule has 0 radical (unpaired) electrons. The lowest BCUT2D eigenvalue weighted by molar-refractivity contribution is -0.140. The summed E-state index contributed by atoms with van der Waals surface area (Å²) in [7, 11) is 0. The van der Waals surface area contributed by atoms with E-state index in [1.807, 2.05) is 0 Å². The van der Waals surface area contributed by atoms with Crippen molar-refractivity contribution in [1.29, 1.82) is 0 Å². The summed E-state index contributed by atoms with van der Waals surface area (Å²) in [5.74, 6) is -0.209.